The molecule has 0 spiro atoms. The zero-order chi connectivity index (χ0) is 18.6. The average Bonchev–Trinajstić information content (AvgIpc) is 2.99. The number of benzene rings is 1. The first-order chi connectivity index (χ1) is 11.7. The highest BCUT2D eigenvalue weighted by Crippen LogP contribution is 2.30. The summed E-state index contributed by atoms with van der Waals surface area (Å²) in [6, 6.07) is 4.44. The zero-order valence-electron chi connectivity index (χ0n) is 13.1. The van der Waals surface area contributed by atoms with Gasteiger partial charge in [-0.25, -0.2) is 13.1 Å². The van der Waals surface area contributed by atoms with Crippen LogP contribution in [0, 0.1) is 0 Å². The van der Waals surface area contributed by atoms with E-state index in [2.05, 4.69) is 9.46 Å². The van der Waals surface area contributed by atoms with Gasteiger partial charge in [-0.15, -0.1) is 13.2 Å². The molecule has 2 rings (SSSR count). The van der Waals surface area contributed by atoms with Crippen LogP contribution in [-0.2, 0) is 19.5 Å². The Morgan fingerprint density at radius 3 is 2.64 bits per heavy atom. The Morgan fingerprint density at radius 1 is 1.32 bits per heavy atom. The van der Waals surface area contributed by atoms with Crippen molar-refractivity contribution in [1.29, 1.82) is 0 Å². The number of sulfonamides is 1. The van der Waals surface area contributed by atoms with E-state index in [-0.39, 0.29) is 26.4 Å². The Hall–Kier alpha value is -1.40. The summed E-state index contributed by atoms with van der Waals surface area (Å²) in [5.41, 5.74) is -0.977. The molecule has 142 valence electrons. The molecule has 1 fully saturated rings. The van der Waals surface area contributed by atoms with Crippen LogP contribution >= 0.6 is 0 Å². The zero-order valence-corrected chi connectivity index (χ0v) is 13.9. The fraction of sp³-hybridized carbons (Fsp3) is 0.571. The van der Waals surface area contributed by atoms with Gasteiger partial charge in [0.2, 0.25) is 10.0 Å². The van der Waals surface area contributed by atoms with E-state index >= 15 is 0 Å². The lowest BCUT2D eigenvalue weighted by molar-refractivity contribution is -0.275. The van der Waals surface area contributed by atoms with Crippen molar-refractivity contribution in [3.63, 3.8) is 0 Å². The summed E-state index contributed by atoms with van der Waals surface area (Å²) in [6.45, 7) is -0.0254. The highest BCUT2D eigenvalue weighted by molar-refractivity contribution is 7.89. The number of alkyl halides is 3. The van der Waals surface area contributed by atoms with Crippen LogP contribution in [0.4, 0.5) is 13.2 Å². The molecule has 25 heavy (non-hydrogen) atoms. The maximum absolute atomic E-state index is 12.4. The summed E-state index contributed by atoms with van der Waals surface area (Å²) in [6.07, 6.45) is -4.63. The molecule has 0 bridgehead atoms. The van der Waals surface area contributed by atoms with Crippen molar-refractivity contribution in [1.82, 2.24) is 4.72 Å². The van der Waals surface area contributed by atoms with E-state index in [0.29, 0.717) is 13.0 Å². The molecule has 1 aromatic rings. The number of hydrogen-bond donors (Lipinski definition) is 2. The second-order valence-electron chi connectivity index (χ2n) is 5.38. The third kappa shape index (κ3) is 5.54. The highest BCUT2D eigenvalue weighted by atomic mass is 32.2. The van der Waals surface area contributed by atoms with E-state index < -0.39 is 32.6 Å². The van der Waals surface area contributed by atoms with Crippen LogP contribution in [0.1, 0.15) is 6.42 Å². The normalized spacial score (nSPS) is 21.4. The number of aliphatic hydroxyl groups is 1. The molecule has 1 unspecified atom stereocenters. The van der Waals surface area contributed by atoms with E-state index in [9.17, 15) is 21.6 Å². The van der Waals surface area contributed by atoms with Crippen LogP contribution in [0.15, 0.2) is 29.2 Å². The summed E-state index contributed by atoms with van der Waals surface area (Å²) in [5.74, 6) is -0.824. The van der Waals surface area contributed by atoms with Crippen molar-refractivity contribution in [3.8, 4) is 5.75 Å². The fourth-order valence-corrected chi connectivity index (χ4v) is 3.58. The molecule has 1 saturated heterocycles. The first-order valence-corrected chi connectivity index (χ1v) is 8.83. The maximum Gasteiger partial charge on any atom is 0.573 e. The van der Waals surface area contributed by atoms with Crippen molar-refractivity contribution in [2.24, 2.45) is 0 Å². The topological polar surface area (TPSA) is 94.1 Å². The van der Waals surface area contributed by atoms with E-state index in [0.717, 1.165) is 12.1 Å². The molecular formula is C14H18F3NO6S. The molecular weight excluding hydrogens is 367 g/mol. The molecule has 1 heterocycles. The predicted octanol–water partition coefficient (Wildman–Crippen LogP) is 1.03. The highest BCUT2D eigenvalue weighted by Gasteiger charge is 2.38. The molecule has 1 atom stereocenters. The third-order valence-electron chi connectivity index (χ3n) is 3.52. The number of nitrogens with one attached hydrogen (secondary N) is 1. The van der Waals surface area contributed by atoms with Crippen molar-refractivity contribution in [3.05, 3.63) is 24.3 Å². The van der Waals surface area contributed by atoms with Gasteiger partial charge in [0.15, 0.2) is 0 Å². The molecule has 0 amide bonds. The van der Waals surface area contributed by atoms with Crippen LogP contribution in [0.5, 0.6) is 5.75 Å². The molecule has 0 radical (unpaired) electrons. The van der Waals surface area contributed by atoms with Gasteiger partial charge in [-0.1, -0.05) is 12.1 Å². The smallest absolute Gasteiger partial charge is 0.404 e. The summed E-state index contributed by atoms with van der Waals surface area (Å²) in [4.78, 5) is -0.636. The van der Waals surface area contributed by atoms with Crippen LogP contribution < -0.4 is 9.46 Å². The molecule has 0 aliphatic carbocycles. The lowest BCUT2D eigenvalue weighted by Gasteiger charge is -2.27. The lowest BCUT2D eigenvalue weighted by atomic mass is 10.0. The largest absolute Gasteiger partial charge is 0.573 e. The van der Waals surface area contributed by atoms with Crippen LogP contribution in [-0.4, -0.2) is 58.5 Å². The standard InChI is InChI=1S/C14H18F3NO6S/c15-14(16,17)24-11-3-1-2-4-12(11)25(20,21)18-9-13(23-8-6-19)5-7-22-10-13/h1-4,18-19H,5-10H2. The van der Waals surface area contributed by atoms with Crippen molar-refractivity contribution >= 4 is 10.0 Å². The Bertz CT molecular complexity index is 673. The monoisotopic (exact) mass is 385 g/mol. The molecule has 2 N–H and O–H groups in total. The van der Waals surface area contributed by atoms with E-state index in [1.807, 2.05) is 0 Å². The summed E-state index contributed by atoms with van der Waals surface area (Å²) >= 11 is 0. The first-order valence-electron chi connectivity index (χ1n) is 7.34. The molecule has 0 aromatic heterocycles. The number of ether oxygens (including phenoxy) is 3. The van der Waals surface area contributed by atoms with Crippen LogP contribution in [0.25, 0.3) is 0 Å². The Morgan fingerprint density at radius 2 is 2.04 bits per heavy atom. The number of halogens is 3. The van der Waals surface area contributed by atoms with Gasteiger partial charge in [-0.3, -0.25) is 0 Å². The second-order valence-corrected chi connectivity index (χ2v) is 7.11. The first kappa shape index (κ1) is 19.9. The molecule has 7 nitrogen and oxygen atoms in total. The molecule has 1 aliphatic rings. The minimum atomic E-state index is -5.02. The van der Waals surface area contributed by atoms with Crippen LogP contribution in [0.2, 0.25) is 0 Å². The number of rotatable bonds is 8. The van der Waals surface area contributed by atoms with Crippen molar-refractivity contribution < 1.29 is 40.9 Å². The molecule has 0 saturated carbocycles. The van der Waals surface area contributed by atoms with Gasteiger partial charge in [0.05, 0.1) is 19.8 Å². The third-order valence-corrected chi connectivity index (χ3v) is 4.96. The number of para-hydroxylation sites is 1. The molecule has 1 aromatic carbocycles. The van der Waals surface area contributed by atoms with Gasteiger partial charge in [-0.2, -0.15) is 0 Å². The minimum Gasteiger partial charge on any atom is -0.404 e. The SMILES string of the molecule is O=S(=O)(NCC1(OCCO)CCOC1)c1ccccc1OC(F)(F)F. The van der Waals surface area contributed by atoms with E-state index in [1.165, 1.54) is 12.1 Å². The van der Waals surface area contributed by atoms with Gasteiger partial charge in [-0.05, 0) is 12.1 Å². The summed E-state index contributed by atoms with van der Waals surface area (Å²) < 4.78 is 78.8. The number of hydrogen-bond acceptors (Lipinski definition) is 6. The van der Waals surface area contributed by atoms with Crippen molar-refractivity contribution in [2.45, 2.75) is 23.3 Å². The Balaban J connectivity index is 2.16. The van der Waals surface area contributed by atoms with Gasteiger partial charge >= 0.3 is 6.36 Å². The summed E-state index contributed by atoms with van der Waals surface area (Å²) in [5, 5.41) is 8.86. The lowest BCUT2D eigenvalue weighted by Crippen LogP contribution is -2.46. The van der Waals surface area contributed by atoms with Gasteiger partial charge in [0.25, 0.3) is 0 Å². The Labute approximate surface area is 142 Å². The average molecular weight is 385 g/mol. The molecule has 1 aliphatic heterocycles. The van der Waals surface area contributed by atoms with Crippen molar-refractivity contribution in [2.75, 3.05) is 33.0 Å². The van der Waals surface area contributed by atoms with E-state index in [1.54, 1.807) is 0 Å². The second kappa shape index (κ2) is 7.87. The van der Waals surface area contributed by atoms with Gasteiger partial charge < -0.3 is 19.3 Å². The summed E-state index contributed by atoms with van der Waals surface area (Å²) in [7, 11) is -4.29. The number of aliphatic hydroxyl groups excluding tert-OH is 1. The quantitative estimate of drug-likeness (QED) is 0.694. The predicted molar refractivity (Wildman–Crippen MR) is 79.5 cm³/mol. The van der Waals surface area contributed by atoms with Crippen LogP contribution in [0.3, 0.4) is 0 Å². The minimum absolute atomic E-state index is 0.0150. The maximum atomic E-state index is 12.4. The van der Waals surface area contributed by atoms with Gasteiger partial charge in [0.1, 0.15) is 16.2 Å². The Kier molecular flexibility index (Phi) is 6.27. The molecule has 11 heteroatoms. The fourth-order valence-electron chi connectivity index (χ4n) is 2.34. The van der Waals surface area contributed by atoms with E-state index in [4.69, 9.17) is 14.6 Å². The van der Waals surface area contributed by atoms with Gasteiger partial charge in [0, 0.05) is 19.6 Å².